The van der Waals surface area contributed by atoms with Gasteiger partial charge in [-0.1, -0.05) is 19.8 Å². The van der Waals surface area contributed by atoms with E-state index in [1.165, 1.54) is 18.9 Å². The third-order valence-electron chi connectivity index (χ3n) is 3.65. The lowest BCUT2D eigenvalue weighted by atomic mass is 10.1. The Bertz CT molecular complexity index is 498. The SMILES string of the molecule is CCC(CC1CC1)Nc1cc(OC(C)C)cc([N+](=O)[O-])c1. The van der Waals surface area contributed by atoms with Gasteiger partial charge in [-0.3, -0.25) is 10.1 Å². The van der Waals surface area contributed by atoms with Gasteiger partial charge in [0.25, 0.3) is 5.69 Å². The van der Waals surface area contributed by atoms with Crippen molar-refractivity contribution in [1.29, 1.82) is 0 Å². The summed E-state index contributed by atoms with van der Waals surface area (Å²) in [4.78, 5) is 10.7. The number of rotatable bonds is 8. The average Bonchev–Trinajstić information content (AvgIpc) is 3.20. The molecule has 0 radical (unpaired) electrons. The van der Waals surface area contributed by atoms with Gasteiger partial charge in [0.05, 0.1) is 17.1 Å². The van der Waals surface area contributed by atoms with Crippen molar-refractivity contribution in [2.24, 2.45) is 5.92 Å². The topological polar surface area (TPSA) is 64.4 Å². The van der Waals surface area contributed by atoms with Crippen LogP contribution >= 0.6 is 0 Å². The second kappa shape index (κ2) is 6.78. The van der Waals surface area contributed by atoms with Gasteiger partial charge in [-0.2, -0.15) is 0 Å². The molecule has 1 atom stereocenters. The lowest BCUT2D eigenvalue weighted by Crippen LogP contribution is -2.19. The second-order valence-electron chi connectivity index (χ2n) is 6.07. The van der Waals surface area contributed by atoms with Gasteiger partial charge in [-0.25, -0.2) is 0 Å². The lowest BCUT2D eigenvalue weighted by molar-refractivity contribution is -0.384. The molecule has 1 aromatic rings. The molecule has 1 unspecified atom stereocenters. The number of hydrogen-bond donors (Lipinski definition) is 1. The summed E-state index contributed by atoms with van der Waals surface area (Å²) in [6.07, 6.45) is 4.77. The Hall–Kier alpha value is -1.78. The minimum Gasteiger partial charge on any atom is -0.491 e. The minimum absolute atomic E-state index is 0.00621. The van der Waals surface area contributed by atoms with Crippen LogP contribution in [-0.4, -0.2) is 17.1 Å². The molecular formula is C16H24N2O3. The molecule has 1 aliphatic rings. The van der Waals surface area contributed by atoms with E-state index in [9.17, 15) is 10.1 Å². The Morgan fingerprint density at radius 3 is 2.62 bits per heavy atom. The Kier molecular flexibility index (Phi) is 5.04. The summed E-state index contributed by atoms with van der Waals surface area (Å²) >= 11 is 0. The van der Waals surface area contributed by atoms with Crippen molar-refractivity contribution in [3.05, 3.63) is 28.3 Å². The van der Waals surface area contributed by atoms with E-state index in [1.54, 1.807) is 6.07 Å². The summed E-state index contributed by atoms with van der Waals surface area (Å²) in [5.74, 6) is 1.37. The first-order valence-electron chi connectivity index (χ1n) is 7.70. The first kappa shape index (κ1) is 15.6. The van der Waals surface area contributed by atoms with Gasteiger partial charge in [0.1, 0.15) is 5.75 Å². The van der Waals surface area contributed by atoms with Gasteiger partial charge in [0, 0.05) is 23.9 Å². The number of anilines is 1. The van der Waals surface area contributed by atoms with Crippen molar-refractivity contribution in [3.8, 4) is 5.75 Å². The Morgan fingerprint density at radius 2 is 2.10 bits per heavy atom. The van der Waals surface area contributed by atoms with Crippen LogP contribution in [0.15, 0.2) is 18.2 Å². The molecule has 1 aromatic carbocycles. The molecule has 1 N–H and O–H groups in total. The molecule has 116 valence electrons. The van der Waals surface area contributed by atoms with E-state index < -0.39 is 0 Å². The highest BCUT2D eigenvalue weighted by Crippen LogP contribution is 2.35. The fraction of sp³-hybridized carbons (Fsp3) is 0.625. The van der Waals surface area contributed by atoms with Crippen LogP contribution in [0.4, 0.5) is 11.4 Å². The van der Waals surface area contributed by atoms with Crippen molar-refractivity contribution < 1.29 is 9.66 Å². The van der Waals surface area contributed by atoms with E-state index >= 15 is 0 Å². The Labute approximate surface area is 125 Å². The molecule has 0 heterocycles. The van der Waals surface area contributed by atoms with Crippen LogP contribution in [0.2, 0.25) is 0 Å². The summed E-state index contributed by atoms with van der Waals surface area (Å²) in [7, 11) is 0. The molecule has 0 saturated heterocycles. The lowest BCUT2D eigenvalue weighted by Gasteiger charge is -2.19. The first-order valence-corrected chi connectivity index (χ1v) is 7.70. The molecule has 5 nitrogen and oxygen atoms in total. The highest BCUT2D eigenvalue weighted by atomic mass is 16.6. The summed E-state index contributed by atoms with van der Waals surface area (Å²) in [5.41, 5.74) is 0.837. The van der Waals surface area contributed by atoms with E-state index in [2.05, 4.69) is 12.2 Å². The molecular weight excluding hydrogens is 268 g/mol. The van der Waals surface area contributed by atoms with Gasteiger partial charge in [0.2, 0.25) is 0 Å². The quantitative estimate of drug-likeness (QED) is 0.570. The number of nitrogens with zero attached hydrogens (tertiary/aromatic N) is 1. The minimum atomic E-state index is -0.375. The molecule has 0 aromatic heterocycles. The van der Waals surface area contributed by atoms with Gasteiger partial charge >= 0.3 is 0 Å². The number of nitro benzene ring substituents is 1. The van der Waals surface area contributed by atoms with E-state index in [0.29, 0.717) is 11.8 Å². The largest absolute Gasteiger partial charge is 0.491 e. The van der Waals surface area contributed by atoms with Gasteiger partial charge in [-0.05, 0) is 32.6 Å². The molecule has 5 heteroatoms. The van der Waals surface area contributed by atoms with Crippen LogP contribution in [0.1, 0.15) is 46.5 Å². The van der Waals surface area contributed by atoms with Crippen molar-refractivity contribution in [2.75, 3.05) is 5.32 Å². The van der Waals surface area contributed by atoms with Crippen LogP contribution in [0.25, 0.3) is 0 Å². The molecule has 0 spiro atoms. The zero-order valence-corrected chi connectivity index (χ0v) is 13.0. The Balaban J connectivity index is 2.15. The average molecular weight is 292 g/mol. The summed E-state index contributed by atoms with van der Waals surface area (Å²) < 4.78 is 5.61. The van der Waals surface area contributed by atoms with Crippen LogP contribution in [0, 0.1) is 16.0 Å². The summed E-state index contributed by atoms with van der Waals surface area (Å²) in [6, 6.07) is 5.28. The highest BCUT2D eigenvalue weighted by Gasteiger charge is 2.25. The molecule has 1 saturated carbocycles. The number of nitro groups is 1. The van der Waals surface area contributed by atoms with Crippen molar-refractivity contribution >= 4 is 11.4 Å². The molecule has 0 aliphatic heterocycles. The molecule has 1 fully saturated rings. The highest BCUT2D eigenvalue weighted by molar-refractivity contribution is 5.56. The zero-order valence-electron chi connectivity index (χ0n) is 13.0. The van der Waals surface area contributed by atoms with E-state index in [1.807, 2.05) is 19.9 Å². The van der Waals surface area contributed by atoms with Gasteiger partial charge in [0.15, 0.2) is 0 Å². The second-order valence-corrected chi connectivity index (χ2v) is 6.07. The van der Waals surface area contributed by atoms with E-state index in [4.69, 9.17) is 4.74 Å². The van der Waals surface area contributed by atoms with Crippen LogP contribution in [-0.2, 0) is 0 Å². The predicted octanol–water partition coefficient (Wildman–Crippen LogP) is 4.37. The van der Waals surface area contributed by atoms with Gasteiger partial charge < -0.3 is 10.1 Å². The third kappa shape index (κ3) is 4.92. The number of ether oxygens (including phenoxy) is 1. The zero-order chi connectivity index (χ0) is 15.4. The molecule has 0 amide bonds. The van der Waals surface area contributed by atoms with E-state index in [-0.39, 0.29) is 16.7 Å². The maximum Gasteiger partial charge on any atom is 0.275 e. The number of non-ortho nitro benzene ring substituents is 1. The maximum absolute atomic E-state index is 11.1. The normalized spacial score (nSPS) is 15.8. The number of hydrogen-bond acceptors (Lipinski definition) is 4. The van der Waals surface area contributed by atoms with Crippen LogP contribution in [0.5, 0.6) is 5.75 Å². The molecule has 21 heavy (non-hydrogen) atoms. The fourth-order valence-corrected chi connectivity index (χ4v) is 2.43. The first-order chi connectivity index (χ1) is 9.97. The monoisotopic (exact) mass is 292 g/mol. The maximum atomic E-state index is 11.1. The predicted molar refractivity (Wildman–Crippen MR) is 83.9 cm³/mol. The molecule has 0 bridgehead atoms. The van der Waals surface area contributed by atoms with Gasteiger partial charge in [-0.15, -0.1) is 0 Å². The van der Waals surface area contributed by atoms with Crippen LogP contribution < -0.4 is 10.1 Å². The van der Waals surface area contributed by atoms with Crippen molar-refractivity contribution in [1.82, 2.24) is 0 Å². The molecule has 1 aliphatic carbocycles. The van der Waals surface area contributed by atoms with Crippen molar-refractivity contribution in [3.63, 3.8) is 0 Å². The standard InChI is InChI=1S/C16H24N2O3/c1-4-13(7-12-5-6-12)17-14-8-15(18(19)20)10-16(9-14)21-11(2)3/h8-13,17H,4-7H2,1-3H3. The fourth-order valence-electron chi connectivity index (χ4n) is 2.43. The van der Waals surface area contributed by atoms with Crippen molar-refractivity contribution in [2.45, 2.75) is 58.6 Å². The number of benzene rings is 1. The smallest absolute Gasteiger partial charge is 0.275 e. The van der Waals surface area contributed by atoms with E-state index in [0.717, 1.165) is 24.4 Å². The Morgan fingerprint density at radius 1 is 1.38 bits per heavy atom. The number of nitrogens with one attached hydrogen (secondary N) is 1. The molecule has 2 rings (SSSR count). The third-order valence-corrected chi connectivity index (χ3v) is 3.65. The summed E-state index contributed by atoms with van der Waals surface area (Å²) in [5, 5.41) is 14.5. The van der Waals surface area contributed by atoms with Crippen LogP contribution in [0.3, 0.4) is 0 Å². The summed E-state index contributed by atoms with van der Waals surface area (Å²) in [6.45, 7) is 5.96.